The van der Waals surface area contributed by atoms with Gasteiger partial charge in [-0.05, 0) is 16.7 Å². The lowest BCUT2D eigenvalue weighted by atomic mass is 10.5. The van der Waals surface area contributed by atoms with E-state index in [-0.39, 0.29) is 0 Å². The van der Waals surface area contributed by atoms with Crippen LogP contribution in [-0.4, -0.2) is 27.3 Å². The molecule has 2 rings (SSSR count). The van der Waals surface area contributed by atoms with Crippen LogP contribution < -0.4 is 0 Å². The number of rotatable bonds is 3. The van der Waals surface area contributed by atoms with Crippen LogP contribution in [0.1, 0.15) is 0 Å². The molecule has 0 atom stereocenters. The van der Waals surface area contributed by atoms with Gasteiger partial charge in [0.05, 0.1) is 4.88 Å². The lowest BCUT2D eigenvalue weighted by Crippen LogP contribution is -2.03. The van der Waals surface area contributed by atoms with Crippen LogP contribution in [0.4, 0.5) is 0 Å². The van der Waals surface area contributed by atoms with Crippen LogP contribution in [0.3, 0.4) is 0 Å². The zero-order valence-electron chi connectivity index (χ0n) is 7.04. The van der Waals surface area contributed by atoms with Gasteiger partial charge >= 0.3 is 0 Å². The molecule has 0 amide bonds. The van der Waals surface area contributed by atoms with E-state index in [4.69, 9.17) is 4.74 Å². The summed E-state index contributed by atoms with van der Waals surface area (Å²) in [7, 11) is 1.59. The molecular weight excluding hydrogens is 188 g/mol. The van der Waals surface area contributed by atoms with Gasteiger partial charge in [0.2, 0.25) is 5.82 Å². The zero-order chi connectivity index (χ0) is 9.10. The first-order chi connectivity index (χ1) is 6.40. The maximum atomic E-state index is 4.86. The van der Waals surface area contributed by atoms with Crippen LogP contribution in [0.2, 0.25) is 0 Å². The molecule has 0 fully saturated rings. The predicted octanol–water partition coefficient (Wildman–Crippen LogP) is 1.01. The van der Waals surface area contributed by atoms with E-state index >= 15 is 0 Å². The van der Waals surface area contributed by atoms with Crippen molar-refractivity contribution in [3.63, 3.8) is 0 Å². The minimum Gasteiger partial charge on any atom is -0.361 e. The van der Waals surface area contributed by atoms with Gasteiger partial charge in [0.15, 0.2) is 6.73 Å². The van der Waals surface area contributed by atoms with Gasteiger partial charge in [-0.1, -0.05) is 6.07 Å². The summed E-state index contributed by atoms with van der Waals surface area (Å²) in [6.45, 7) is 0.332. The summed E-state index contributed by atoms with van der Waals surface area (Å²) < 4.78 is 4.86. The fourth-order valence-electron chi connectivity index (χ4n) is 0.918. The van der Waals surface area contributed by atoms with Crippen LogP contribution in [0.15, 0.2) is 17.5 Å². The summed E-state index contributed by atoms with van der Waals surface area (Å²) in [4.78, 5) is 2.43. The number of methoxy groups -OCH3 is 1. The lowest BCUT2D eigenvalue weighted by molar-refractivity contribution is 0.107. The van der Waals surface area contributed by atoms with Crippen molar-refractivity contribution in [1.29, 1.82) is 0 Å². The minimum atomic E-state index is 0.332. The molecule has 6 heteroatoms. The third-order valence-corrected chi connectivity index (χ3v) is 2.30. The first-order valence-electron chi connectivity index (χ1n) is 3.71. The smallest absolute Gasteiger partial charge is 0.214 e. The standard InChI is InChI=1S/C7H8N4OS/c1-12-5-11-9-7(8-10-11)6-3-2-4-13-6/h2-4H,5H2,1H3. The number of hydrogen-bond donors (Lipinski definition) is 0. The van der Waals surface area contributed by atoms with E-state index in [0.29, 0.717) is 12.6 Å². The number of tetrazole rings is 1. The summed E-state index contributed by atoms with van der Waals surface area (Å²) in [6, 6.07) is 3.91. The SMILES string of the molecule is COCn1nnc(-c2cccs2)n1. The second kappa shape index (κ2) is 3.63. The number of thiophene rings is 1. The highest BCUT2D eigenvalue weighted by Crippen LogP contribution is 2.19. The Bertz CT molecular complexity index is 370. The first-order valence-corrected chi connectivity index (χ1v) is 4.59. The van der Waals surface area contributed by atoms with Crippen molar-refractivity contribution in [3.8, 4) is 10.7 Å². The first kappa shape index (κ1) is 8.33. The fraction of sp³-hybridized carbons (Fsp3) is 0.286. The Labute approximate surface area is 79.0 Å². The number of ether oxygens (including phenoxy) is 1. The maximum Gasteiger partial charge on any atom is 0.214 e. The lowest BCUT2D eigenvalue weighted by Gasteiger charge is -1.92. The Kier molecular flexibility index (Phi) is 2.33. The van der Waals surface area contributed by atoms with Crippen molar-refractivity contribution in [2.24, 2.45) is 0 Å². The second-order valence-electron chi connectivity index (χ2n) is 2.38. The molecule has 0 spiro atoms. The molecule has 2 aromatic heterocycles. The van der Waals surface area contributed by atoms with E-state index in [9.17, 15) is 0 Å². The summed E-state index contributed by atoms with van der Waals surface area (Å²) in [5.41, 5.74) is 0. The average Bonchev–Trinajstić information content (AvgIpc) is 2.70. The summed E-state index contributed by atoms with van der Waals surface area (Å²) >= 11 is 1.59. The van der Waals surface area contributed by atoms with Gasteiger partial charge in [-0.2, -0.15) is 0 Å². The predicted molar refractivity (Wildman–Crippen MR) is 48.1 cm³/mol. The molecule has 0 aromatic carbocycles. The molecule has 0 N–H and O–H groups in total. The Balaban J connectivity index is 2.23. The molecule has 0 unspecified atom stereocenters. The van der Waals surface area contributed by atoms with Gasteiger partial charge in [-0.25, -0.2) is 0 Å². The minimum absolute atomic E-state index is 0.332. The van der Waals surface area contributed by atoms with E-state index in [2.05, 4.69) is 15.4 Å². The summed E-state index contributed by atoms with van der Waals surface area (Å²) in [6.07, 6.45) is 0. The summed E-state index contributed by atoms with van der Waals surface area (Å²) in [5.74, 6) is 0.645. The monoisotopic (exact) mass is 196 g/mol. The molecule has 0 radical (unpaired) electrons. The molecule has 0 saturated heterocycles. The van der Waals surface area contributed by atoms with Crippen LogP contribution in [-0.2, 0) is 11.5 Å². The molecule has 0 aliphatic carbocycles. The van der Waals surface area contributed by atoms with Gasteiger partial charge in [0.1, 0.15) is 0 Å². The Morgan fingerprint density at radius 1 is 1.62 bits per heavy atom. The van der Waals surface area contributed by atoms with E-state index in [1.54, 1.807) is 18.4 Å². The largest absolute Gasteiger partial charge is 0.361 e. The highest BCUT2D eigenvalue weighted by Gasteiger charge is 2.05. The highest BCUT2D eigenvalue weighted by molar-refractivity contribution is 7.13. The van der Waals surface area contributed by atoms with Crippen LogP contribution in [0.5, 0.6) is 0 Å². The Hall–Kier alpha value is -1.27. The number of hydrogen-bond acceptors (Lipinski definition) is 5. The van der Waals surface area contributed by atoms with E-state index in [1.807, 2.05) is 17.5 Å². The normalized spacial score (nSPS) is 10.5. The second-order valence-corrected chi connectivity index (χ2v) is 3.33. The van der Waals surface area contributed by atoms with Gasteiger partial charge in [0.25, 0.3) is 0 Å². The van der Waals surface area contributed by atoms with Crippen molar-refractivity contribution in [2.45, 2.75) is 6.73 Å². The van der Waals surface area contributed by atoms with Gasteiger partial charge in [0, 0.05) is 7.11 Å². The number of nitrogens with zero attached hydrogens (tertiary/aromatic N) is 4. The van der Waals surface area contributed by atoms with Crippen molar-refractivity contribution < 1.29 is 4.74 Å². The molecule has 2 heterocycles. The highest BCUT2D eigenvalue weighted by atomic mass is 32.1. The van der Waals surface area contributed by atoms with Crippen LogP contribution >= 0.6 is 11.3 Å². The van der Waals surface area contributed by atoms with Crippen molar-refractivity contribution in [3.05, 3.63) is 17.5 Å². The van der Waals surface area contributed by atoms with Gasteiger partial charge < -0.3 is 4.74 Å². The molecule has 68 valence electrons. The van der Waals surface area contributed by atoms with Crippen molar-refractivity contribution >= 4 is 11.3 Å². The van der Waals surface area contributed by atoms with E-state index in [0.717, 1.165) is 4.88 Å². The Morgan fingerprint density at radius 3 is 3.23 bits per heavy atom. The molecule has 0 aliphatic rings. The average molecular weight is 196 g/mol. The maximum absolute atomic E-state index is 4.86. The van der Waals surface area contributed by atoms with Crippen LogP contribution in [0.25, 0.3) is 10.7 Å². The fourth-order valence-corrected chi connectivity index (χ4v) is 1.57. The van der Waals surface area contributed by atoms with Gasteiger partial charge in [-0.3, -0.25) is 0 Å². The van der Waals surface area contributed by atoms with Crippen LogP contribution in [0, 0.1) is 0 Å². The van der Waals surface area contributed by atoms with E-state index < -0.39 is 0 Å². The molecule has 2 aromatic rings. The topological polar surface area (TPSA) is 52.8 Å². The van der Waals surface area contributed by atoms with Crippen molar-refractivity contribution in [2.75, 3.05) is 7.11 Å². The molecule has 0 bridgehead atoms. The third kappa shape index (κ3) is 1.73. The summed E-state index contributed by atoms with van der Waals surface area (Å²) in [5, 5.41) is 13.8. The zero-order valence-corrected chi connectivity index (χ0v) is 7.86. The Morgan fingerprint density at radius 2 is 2.54 bits per heavy atom. The van der Waals surface area contributed by atoms with E-state index in [1.165, 1.54) is 4.80 Å². The quantitative estimate of drug-likeness (QED) is 0.735. The molecule has 0 saturated carbocycles. The molecular formula is C7H8N4OS. The van der Waals surface area contributed by atoms with Crippen molar-refractivity contribution in [1.82, 2.24) is 20.2 Å². The third-order valence-electron chi connectivity index (χ3n) is 1.44. The number of aromatic nitrogens is 4. The molecule has 0 aliphatic heterocycles. The van der Waals surface area contributed by atoms with Gasteiger partial charge in [-0.15, -0.1) is 26.3 Å². The molecule has 5 nitrogen and oxygen atoms in total. The molecule has 13 heavy (non-hydrogen) atoms.